The number of aromatic nitrogens is 4. The minimum Gasteiger partial charge on any atom is -0.455 e. The molecule has 5 heterocycles. The number of benzene rings is 10. The number of para-hydroxylation sites is 3. The van der Waals surface area contributed by atoms with E-state index < -0.39 is 0 Å². The predicted octanol–water partition coefficient (Wildman–Crippen LogP) is 17.9. The molecule has 0 saturated carbocycles. The van der Waals surface area contributed by atoms with Crippen LogP contribution in [0.25, 0.3) is 146 Å². The Kier molecular flexibility index (Phi) is 8.63. The molecule has 70 heavy (non-hydrogen) atoms. The summed E-state index contributed by atoms with van der Waals surface area (Å²) < 4.78 is 14.1. The van der Waals surface area contributed by atoms with Crippen LogP contribution in [0, 0.1) is 0 Å². The summed E-state index contributed by atoms with van der Waals surface area (Å²) in [5.41, 5.74) is 12.7. The number of nitrogens with zero attached hydrogens (tertiary/aromatic N) is 4. The monoisotopic (exact) mass is 928 g/mol. The molecule has 5 aromatic heterocycles. The van der Waals surface area contributed by atoms with Gasteiger partial charge in [-0.3, -0.25) is 0 Å². The molecular formula is C63H36N4OS2. The summed E-state index contributed by atoms with van der Waals surface area (Å²) >= 11 is 3.60. The second-order valence-corrected chi connectivity index (χ2v) is 20.0. The number of hydrogen-bond acceptors (Lipinski definition) is 6. The topological polar surface area (TPSA) is 56.7 Å². The van der Waals surface area contributed by atoms with Gasteiger partial charge in [-0.05, 0) is 71.8 Å². The summed E-state index contributed by atoms with van der Waals surface area (Å²) in [4.78, 5) is 15.6. The van der Waals surface area contributed by atoms with Gasteiger partial charge in [0, 0.05) is 95.4 Å². The van der Waals surface area contributed by atoms with Crippen LogP contribution in [0.4, 0.5) is 0 Å². The Bertz CT molecular complexity index is 4600. The maximum absolute atomic E-state index is 6.85. The number of thiophene rings is 2. The zero-order valence-corrected chi connectivity index (χ0v) is 38.9. The lowest BCUT2D eigenvalue weighted by atomic mass is 9.98. The maximum atomic E-state index is 6.85. The Morgan fingerprint density at radius 1 is 0.343 bits per heavy atom. The van der Waals surface area contributed by atoms with Crippen molar-refractivity contribution >= 4 is 107 Å². The lowest BCUT2D eigenvalue weighted by molar-refractivity contribution is 0.670. The molecule has 15 rings (SSSR count). The van der Waals surface area contributed by atoms with E-state index in [2.05, 4.69) is 205 Å². The first-order chi connectivity index (χ1) is 34.7. The summed E-state index contributed by atoms with van der Waals surface area (Å²) in [5.74, 6) is 1.94. The minimum atomic E-state index is 0.644. The molecule has 0 N–H and O–H groups in total. The molecule has 0 atom stereocenters. The first kappa shape index (κ1) is 39.3. The molecule has 7 heteroatoms. The average Bonchev–Trinajstić information content (AvgIpc) is 4.20. The maximum Gasteiger partial charge on any atom is 0.164 e. The zero-order chi connectivity index (χ0) is 45.9. The summed E-state index contributed by atoms with van der Waals surface area (Å²) in [6, 6.07) is 77.8. The highest BCUT2D eigenvalue weighted by molar-refractivity contribution is 7.26. The molecule has 15 aromatic rings. The van der Waals surface area contributed by atoms with Gasteiger partial charge in [0.25, 0.3) is 0 Å². The van der Waals surface area contributed by atoms with Gasteiger partial charge in [-0.25, -0.2) is 15.0 Å². The van der Waals surface area contributed by atoms with Gasteiger partial charge in [0.15, 0.2) is 17.5 Å². The van der Waals surface area contributed by atoms with Gasteiger partial charge >= 0.3 is 0 Å². The second-order valence-electron chi connectivity index (χ2n) is 17.9. The van der Waals surface area contributed by atoms with Crippen LogP contribution in [0.15, 0.2) is 223 Å². The van der Waals surface area contributed by atoms with Crippen LogP contribution in [0.2, 0.25) is 0 Å². The van der Waals surface area contributed by atoms with E-state index in [1.54, 1.807) is 22.7 Å². The molecule has 0 aliphatic carbocycles. The SMILES string of the molecule is c1ccc(-c2nc(-c3ccc4c(c3)sc3ccccc34)nc(-c3cccc4sc5c(-c6cccc7c6oc6ccc(-c8ccc9c(c8)c8ccccc8n9-c8ccccc8)cc67)cccc5c34)n2)cc1. The van der Waals surface area contributed by atoms with Crippen molar-refractivity contribution in [2.45, 2.75) is 0 Å². The summed E-state index contributed by atoms with van der Waals surface area (Å²) in [6.07, 6.45) is 0. The van der Waals surface area contributed by atoms with E-state index in [1.807, 2.05) is 18.2 Å². The van der Waals surface area contributed by atoms with Crippen LogP contribution in [0.3, 0.4) is 0 Å². The molecular weight excluding hydrogens is 893 g/mol. The van der Waals surface area contributed by atoms with Crippen molar-refractivity contribution in [3.8, 4) is 62.1 Å². The molecule has 0 bridgehead atoms. The van der Waals surface area contributed by atoms with E-state index in [9.17, 15) is 0 Å². The third kappa shape index (κ3) is 6.05. The van der Waals surface area contributed by atoms with Crippen LogP contribution in [-0.2, 0) is 0 Å². The standard InChI is InChI=1S/C63H36N4OS2/c1-3-14-37(15-4-1)61-64-62(40-28-31-44-43-19-8-10-26-55(43)69-57(44)36-40)66-63(65-61)49-24-13-27-56-58(49)48-23-12-22-47(60(48)70-56)45-20-11-21-46-51-35-39(30-33-54(51)68-59(45)46)38-29-32-53-50(34-38)42-18-7-9-25-52(42)67(53)41-16-5-2-6-17-41/h1-36H. The number of fused-ring (bicyclic) bond motifs is 12. The molecule has 0 spiro atoms. The average molecular weight is 929 g/mol. The van der Waals surface area contributed by atoms with Crippen LogP contribution < -0.4 is 0 Å². The van der Waals surface area contributed by atoms with Crippen molar-refractivity contribution in [1.29, 1.82) is 0 Å². The van der Waals surface area contributed by atoms with Crippen molar-refractivity contribution in [2.24, 2.45) is 0 Å². The van der Waals surface area contributed by atoms with Gasteiger partial charge in [-0.2, -0.15) is 0 Å². The van der Waals surface area contributed by atoms with E-state index in [1.165, 1.54) is 56.9 Å². The normalized spacial score (nSPS) is 12.0. The number of furan rings is 1. The van der Waals surface area contributed by atoms with Crippen LogP contribution >= 0.6 is 22.7 Å². The number of rotatable bonds is 6. The van der Waals surface area contributed by atoms with Crippen molar-refractivity contribution in [1.82, 2.24) is 19.5 Å². The Labute approximate surface area is 408 Å². The molecule has 0 aliphatic rings. The Balaban J connectivity index is 0.858. The quantitative estimate of drug-likeness (QED) is 0.167. The lowest BCUT2D eigenvalue weighted by Gasteiger charge is -2.10. The van der Waals surface area contributed by atoms with Gasteiger partial charge in [0.1, 0.15) is 11.2 Å². The third-order valence-corrected chi connectivity index (χ3v) is 16.2. The molecule has 0 aliphatic heterocycles. The fourth-order valence-electron chi connectivity index (χ4n) is 10.7. The van der Waals surface area contributed by atoms with E-state index in [4.69, 9.17) is 19.4 Å². The minimum absolute atomic E-state index is 0.644. The molecule has 10 aromatic carbocycles. The summed E-state index contributed by atoms with van der Waals surface area (Å²) in [5, 5.41) is 9.45. The molecule has 5 nitrogen and oxygen atoms in total. The second kappa shape index (κ2) is 15.4. The van der Waals surface area contributed by atoms with Gasteiger partial charge in [-0.1, -0.05) is 158 Å². The first-order valence-corrected chi connectivity index (χ1v) is 25.0. The Morgan fingerprint density at radius 2 is 0.957 bits per heavy atom. The largest absolute Gasteiger partial charge is 0.455 e. The van der Waals surface area contributed by atoms with Gasteiger partial charge in [0.2, 0.25) is 0 Å². The molecule has 0 amide bonds. The zero-order valence-electron chi connectivity index (χ0n) is 37.3. The highest BCUT2D eigenvalue weighted by Gasteiger charge is 2.22. The van der Waals surface area contributed by atoms with Crippen molar-refractivity contribution in [3.63, 3.8) is 0 Å². The van der Waals surface area contributed by atoms with Gasteiger partial charge < -0.3 is 8.98 Å². The van der Waals surface area contributed by atoms with E-state index in [0.29, 0.717) is 17.5 Å². The molecule has 0 saturated heterocycles. The fourth-order valence-corrected chi connectivity index (χ4v) is 13.1. The van der Waals surface area contributed by atoms with E-state index >= 15 is 0 Å². The van der Waals surface area contributed by atoms with Gasteiger partial charge in [-0.15, -0.1) is 22.7 Å². The van der Waals surface area contributed by atoms with E-state index in [-0.39, 0.29) is 0 Å². The lowest BCUT2D eigenvalue weighted by Crippen LogP contribution is -2.00. The summed E-state index contributed by atoms with van der Waals surface area (Å²) in [6.45, 7) is 0. The molecule has 0 fully saturated rings. The molecule has 0 unspecified atom stereocenters. The van der Waals surface area contributed by atoms with Crippen molar-refractivity contribution in [2.75, 3.05) is 0 Å². The first-order valence-electron chi connectivity index (χ1n) is 23.4. The molecule has 0 radical (unpaired) electrons. The van der Waals surface area contributed by atoms with Crippen LogP contribution in [-0.4, -0.2) is 19.5 Å². The fraction of sp³-hybridized carbons (Fsp3) is 0. The van der Waals surface area contributed by atoms with Crippen molar-refractivity contribution in [3.05, 3.63) is 218 Å². The van der Waals surface area contributed by atoms with E-state index in [0.717, 1.165) is 71.8 Å². The molecule has 326 valence electrons. The summed E-state index contributed by atoms with van der Waals surface area (Å²) in [7, 11) is 0. The predicted molar refractivity (Wildman–Crippen MR) is 294 cm³/mol. The van der Waals surface area contributed by atoms with Gasteiger partial charge in [0.05, 0.1) is 11.0 Å². The van der Waals surface area contributed by atoms with Crippen LogP contribution in [0.5, 0.6) is 0 Å². The third-order valence-electron chi connectivity index (χ3n) is 13.9. The van der Waals surface area contributed by atoms with Crippen molar-refractivity contribution < 1.29 is 4.42 Å². The number of hydrogen-bond donors (Lipinski definition) is 0. The Hall–Kier alpha value is -8.75. The van der Waals surface area contributed by atoms with Crippen LogP contribution in [0.1, 0.15) is 0 Å². The Morgan fingerprint density at radius 3 is 1.83 bits per heavy atom. The highest BCUT2D eigenvalue weighted by atomic mass is 32.1. The smallest absolute Gasteiger partial charge is 0.164 e. The highest BCUT2D eigenvalue weighted by Crippen LogP contribution is 2.47.